The summed E-state index contributed by atoms with van der Waals surface area (Å²) in [5, 5.41) is 17.6. The van der Waals surface area contributed by atoms with Gasteiger partial charge in [0.1, 0.15) is 0 Å². The smallest absolute Gasteiger partial charge is 0.303 e. The van der Waals surface area contributed by atoms with E-state index in [9.17, 15) is 4.79 Å². The Morgan fingerprint density at radius 2 is 2.07 bits per heavy atom. The number of nitrogens with zero attached hydrogens (tertiary/aromatic N) is 1. The molecule has 0 aromatic rings. The highest BCUT2D eigenvalue weighted by Crippen LogP contribution is 2.27. The molecule has 0 saturated heterocycles. The first-order valence-corrected chi connectivity index (χ1v) is 5.66. The van der Waals surface area contributed by atoms with Crippen LogP contribution < -0.4 is 0 Å². The van der Waals surface area contributed by atoms with Gasteiger partial charge in [-0.15, -0.1) is 0 Å². The highest BCUT2D eigenvalue weighted by atomic mass is 16.4. The van der Waals surface area contributed by atoms with Crippen LogP contribution in [-0.4, -0.2) is 47.3 Å². The van der Waals surface area contributed by atoms with Gasteiger partial charge in [0.05, 0.1) is 6.10 Å². The number of aliphatic carboxylic acids is 1. The highest BCUT2D eigenvalue weighted by molar-refractivity contribution is 5.66. The lowest BCUT2D eigenvalue weighted by Crippen LogP contribution is -2.37. The summed E-state index contributed by atoms with van der Waals surface area (Å²) in [6.45, 7) is 1.99. The van der Waals surface area contributed by atoms with Gasteiger partial charge in [-0.2, -0.15) is 0 Å². The maximum atomic E-state index is 10.3. The number of carbonyl (C=O) groups is 1. The van der Waals surface area contributed by atoms with Crippen molar-refractivity contribution in [1.82, 2.24) is 4.90 Å². The summed E-state index contributed by atoms with van der Waals surface area (Å²) < 4.78 is 0. The third-order valence-corrected chi connectivity index (χ3v) is 2.96. The van der Waals surface area contributed by atoms with Gasteiger partial charge < -0.3 is 15.1 Å². The van der Waals surface area contributed by atoms with Crippen LogP contribution in [0, 0.1) is 5.92 Å². The molecule has 0 heterocycles. The number of carboxylic acids is 1. The van der Waals surface area contributed by atoms with Gasteiger partial charge >= 0.3 is 5.97 Å². The van der Waals surface area contributed by atoms with Crippen LogP contribution in [0.25, 0.3) is 0 Å². The first-order chi connectivity index (χ1) is 7.08. The van der Waals surface area contributed by atoms with E-state index in [-0.39, 0.29) is 12.5 Å². The van der Waals surface area contributed by atoms with Crippen LogP contribution in [0.2, 0.25) is 0 Å². The van der Waals surface area contributed by atoms with Crippen molar-refractivity contribution in [3.63, 3.8) is 0 Å². The van der Waals surface area contributed by atoms with Crippen molar-refractivity contribution in [2.24, 2.45) is 5.92 Å². The van der Waals surface area contributed by atoms with Crippen molar-refractivity contribution < 1.29 is 15.0 Å². The Labute approximate surface area is 90.9 Å². The second kappa shape index (κ2) is 6.08. The summed E-state index contributed by atoms with van der Waals surface area (Å²) in [5.74, 6) is -0.0655. The fraction of sp³-hybridized carbons (Fsp3) is 0.909. The lowest BCUT2D eigenvalue weighted by atomic mass is 9.82. The molecule has 0 unspecified atom stereocenters. The predicted octanol–water partition coefficient (Wildman–Crippen LogP) is 0.944. The topological polar surface area (TPSA) is 60.8 Å². The Hall–Kier alpha value is -0.610. The zero-order chi connectivity index (χ0) is 11.3. The van der Waals surface area contributed by atoms with Crippen LogP contribution in [0.3, 0.4) is 0 Å². The molecule has 0 radical (unpaired) electrons. The van der Waals surface area contributed by atoms with E-state index in [4.69, 9.17) is 10.2 Å². The number of unbranched alkanes of at least 4 members (excludes halogenated alkanes) is 1. The number of aliphatic hydroxyl groups excluding tert-OH is 1. The molecule has 4 heteroatoms. The number of rotatable bonds is 7. The predicted molar refractivity (Wildman–Crippen MR) is 57.7 cm³/mol. The van der Waals surface area contributed by atoms with Gasteiger partial charge in [0.25, 0.3) is 0 Å². The molecule has 0 aliphatic heterocycles. The van der Waals surface area contributed by atoms with E-state index >= 15 is 0 Å². The van der Waals surface area contributed by atoms with Crippen molar-refractivity contribution in [2.75, 3.05) is 20.1 Å². The Morgan fingerprint density at radius 3 is 2.60 bits per heavy atom. The second-order valence-corrected chi connectivity index (χ2v) is 4.60. The molecule has 1 aliphatic carbocycles. The normalized spacial score (nSPS) is 25.3. The molecule has 0 bridgehead atoms. The minimum atomic E-state index is -0.709. The Bertz CT molecular complexity index is 202. The Kier molecular flexibility index (Phi) is 5.05. The van der Waals surface area contributed by atoms with Crippen LogP contribution in [0.15, 0.2) is 0 Å². The summed E-state index contributed by atoms with van der Waals surface area (Å²) in [6.07, 6.45) is 3.76. The number of aliphatic hydroxyl groups is 1. The molecular weight excluding hydrogens is 194 g/mol. The average Bonchev–Trinajstić information content (AvgIpc) is 2.10. The summed E-state index contributed by atoms with van der Waals surface area (Å²) in [5.41, 5.74) is 0. The van der Waals surface area contributed by atoms with Crippen LogP contribution >= 0.6 is 0 Å². The highest BCUT2D eigenvalue weighted by Gasteiger charge is 2.27. The van der Waals surface area contributed by atoms with E-state index < -0.39 is 5.97 Å². The van der Waals surface area contributed by atoms with Gasteiger partial charge in [-0.05, 0) is 45.2 Å². The largest absolute Gasteiger partial charge is 0.481 e. The third-order valence-electron chi connectivity index (χ3n) is 2.96. The molecular formula is C11H21NO3. The minimum Gasteiger partial charge on any atom is -0.481 e. The number of hydrogen-bond acceptors (Lipinski definition) is 3. The lowest BCUT2D eigenvalue weighted by Gasteiger charge is -2.34. The van der Waals surface area contributed by atoms with Gasteiger partial charge in [0.15, 0.2) is 0 Å². The average molecular weight is 215 g/mol. The minimum absolute atomic E-state index is 0.0737. The molecule has 0 spiro atoms. The van der Waals surface area contributed by atoms with Crippen molar-refractivity contribution in [2.45, 2.75) is 38.2 Å². The number of carboxylic acid groups (broad SMARTS) is 1. The van der Waals surface area contributed by atoms with Crippen molar-refractivity contribution in [3.8, 4) is 0 Å². The van der Waals surface area contributed by atoms with Crippen LogP contribution in [0.1, 0.15) is 32.1 Å². The molecule has 4 nitrogen and oxygen atoms in total. The quantitative estimate of drug-likeness (QED) is 0.621. The Balaban J connectivity index is 1.94. The standard InChI is InChI=1S/C11H21NO3/c1-12(5-3-2-4-11(14)15)8-9-6-10(13)7-9/h9-10,13H,2-8H2,1H3,(H,14,15). The van der Waals surface area contributed by atoms with Crippen LogP contribution in [0.4, 0.5) is 0 Å². The zero-order valence-electron chi connectivity index (χ0n) is 9.35. The molecule has 1 fully saturated rings. The number of hydrogen-bond donors (Lipinski definition) is 2. The summed E-state index contributed by atoms with van der Waals surface area (Å²) in [4.78, 5) is 12.5. The SMILES string of the molecule is CN(CCCCC(=O)O)CC1CC(O)C1. The molecule has 0 aromatic heterocycles. The zero-order valence-corrected chi connectivity index (χ0v) is 9.35. The molecule has 88 valence electrons. The molecule has 2 N–H and O–H groups in total. The third kappa shape index (κ3) is 5.14. The van der Waals surface area contributed by atoms with Gasteiger partial charge in [0, 0.05) is 13.0 Å². The maximum absolute atomic E-state index is 10.3. The lowest BCUT2D eigenvalue weighted by molar-refractivity contribution is -0.137. The van der Waals surface area contributed by atoms with Crippen LogP contribution in [-0.2, 0) is 4.79 Å². The van der Waals surface area contributed by atoms with Gasteiger partial charge in [-0.3, -0.25) is 4.79 Å². The van der Waals surface area contributed by atoms with Gasteiger partial charge in [-0.25, -0.2) is 0 Å². The molecule has 0 amide bonds. The molecule has 1 aliphatic rings. The first-order valence-electron chi connectivity index (χ1n) is 5.66. The first kappa shape index (κ1) is 12.5. The fourth-order valence-electron chi connectivity index (χ4n) is 2.04. The van der Waals surface area contributed by atoms with E-state index in [0.29, 0.717) is 5.92 Å². The summed E-state index contributed by atoms with van der Waals surface area (Å²) in [6, 6.07) is 0. The summed E-state index contributed by atoms with van der Waals surface area (Å²) >= 11 is 0. The van der Waals surface area contributed by atoms with Crippen molar-refractivity contribution in [3.05, 3.63) is 0 Å². The molecule has 0 aromatic carbocycles. The molecule has 1 rings (SSSR count). The molecule has 15 heavy (non-hydrogen) atoms. The van der Waals surface area contributed by atoms with E-state index in [2.05, 4.69) is 11.9 Å². The fourth-order valence-corrected chi connectivity index (χ4v) is 2.04. The van der Waals surface area contributed by atoms with E-state index in [0.717, 1.165) is 38.8 Å². The van der Waals surface area contributed by atoms with Crippen LogP contribution in [0.5, 0.6) is 0 Å². The maximum Gasteiger partial charge on any atom is 0.303 e. The van der Waals surface area contributed by atoms with E-state index in [1.165, 1.54) is 0 Å². The van der Waals surface area contributed by atoms with Gasteiger partial charge in [0.2, 0.25) is 0 Å². The molecule has 1 saturated carbocycles. The second-order valence-electron chi connectivity index (χ2n) is 4.60. The van der Waals surface area contributed by atoms with Crippen molar-refractivity contribution >= 4 is 5.97 Å². The summed E-state index contributed by atoms with van der Waals surface area (Å²) in [7, 11) is 2.06. The molecule has 0 atom stereocenters. The van der Waals surface area contributed by atoms with Gasteiger partial charge in [-0.1, -0.05) is 0 Å². The Morgan fingerprint density at radius 1 is 1.40 bits per heavy atom. The monoisotopic (exact) mass is 215 g/mol. The van der Waals surface area contributed by atoms with E-state index in [1.54, 1.807) is 0 Å². The van der Waals surface area contributed by atoms with Crippen molar-refractivity contribution in [1.29, 1.82) is 0 Å². The van der Waals surface area contributed by atoms with E-state index in [1.807, 2.05) is 0 Å².